The summed E-state index contributed by atoms with van der Waals surface area (Å²) in [6, 6.07) is -0.819. The van der Waals surface area contributed by atoms with Gasteiger partial charge in [0, 0.05) is 72.7 Å². The number of likely N-dealkylation sites (N-methyl/N-ethyl adjacent to an activating group) is 1. The highest BCUT2D eigenvalue weighted by Crippen LogP contribution is 2.43. The van der Waals surface area contributed by atoms with E-state index in [0.717, 1.165) is 0 Å². The van der Waals surface area contributed by atoms with Crippen molar-refractivity contribution in [3.63, 3.8) is 0 Å². The van der Waals surface area contributed by atoms with E-state index in [9.17, 15) is 39.0 Å². The molecule has 0 saturated carbocycles. The minimum absolute atomic E-state index is 0.0648. The summed E-state index contributed by atoms with van der Waals surface area (Å²) < 4.78 is 59.9. The fourth-order valence-electron chi connectivity index (χ4n) is 8.46. The molecule has 0 bridgehead atoms. The SMILES string of the molecule is CCC(=O)OC(CC(=O)O)C(OC)[C@H](C(CC(OC)OC)CC(C)C(C=O)OC(C)=O)[C@@H]1O[C@H](C)[C@@H](O[C@@H]2C[C@@](C)(O)[C@@H](OC(=O)CC)[C@H](C)O2)[C@H](N(C)C)[C@H]1OC(C)=O. The van der Waals surface area contributed by atoms with Crippen LogP contribution in [-0.4, -0.2) is 166 Å². The number of aldehydes is 1. The average molecular weight is 864 g/mol. The van der Waals surface area contributed by atoms with Crippen LogP contribution in [-0.2, 0) is 76.1 Å². The van der Waals surface area contributed by atoms with Crippen molar-refractivity contribution >= 4 is 36.1 Å². The summed E-state index contributed by atoms with van der Waals surface area (Å²) in [6.45, 7) is 12.2. The van der Waals surface area contributed by atoms with E-state index in [1.807, 2.05) is 0 Å². The number of aliphatic hydroxyl groups is 1. The molecule has 0 aliphatic carbocycles. The molecule has 0 radical (unpaired) electrons. The maximum Gasteiger partial charge on any atom is 0.307 e. The van der Waals surface area contributed by atoms with Gasteiger partial charge in [0.1, 0.15) is 36.1 Å². The fraction of sp³-hybridized carbons (Fsp3) is 0.854. The third kappa shape index (κ3) is 14.7. The molecule has 19 heteroatoms. The van der Waals surface area contributed by atoms with Crippen LogP contribution in [0.5, 0.6) is 0 Å². The Hall–Kier alpha value is -3.30. The second kappa shape index (κ2) is 24.4. The Labute approximate surface area is 353 Å². The Balaban J connectivity index is 2.88. The number of hydrogen-bond donors (Lipinski definition) is 2. The molecule has 2 heterocycles. The molecule has 0 aromatic carbocycles. The first-order chi connectivity index (χ1) is 28.1. The minimum Gasteiger partial charge on any atom is -0.481 e. The molecule has 0 aromatic heterocycles. The van der Waals surface area contributed by atoms with Gasteiger partial charge in [-0.3, -0.25) is 28.8 Å². The number of methoxy groups -OCH3 is 3. The zero-order valence-electron chi connectivity index (χ0n) is 37.4. The van der Waals surface area contributed by atoms with Crippen LogP contribution >= 0.6 is 0 Å². The number of aliphatic carboxylic acids is 1. The van der Waals surface area contributed by atoms with Crippen molar-refractivity contribution in [2.24, 2.45) is 17.8 Å². The van der Waals surface area contributed by atoms with Crippen molar-refractivity contribution in [2.45, 2.75) is 173 Å². The van der Waals surface area contributed by atoms with Crippen LogP contribution in [0.15, 0.2) is 0 Å². The first kappa shape index (κ1) is 52.8. The number of carbonyl (C=O) groups excluding carboxylic acids is 5. The summed E-state index contributed by atoms with van der Waals surface area (Å²) >= 11 is 0. The van der Waals surface area contributed by atoms with Crippen LogP contribution in [0.2, 0.25) is 0 Å². The van der Waals surface area contributed by atoms with E-state index >= 15 is 0 Å². The Morgan fingerprint density at radius 2 is 1.48 bits per heavy atom. The van der Waals surface area contributed by atoms with Gasteiger partial charge < -0.3 is 62.5 Å². The molecule has 5 unspecified atom stereocenters. The van der Waals surface area contributed by atoms with Gasteiger partial charge in [-0.05, 0) is 47.2 Å². The molecule has 60 heavy (non-hydrogen) atoms. The number of nitrogens with zero attached hydrogens (tertiary/aromatic N) is 1. The number of hydrogen-bond acceptors (Lipinski definition) is 18. The number of esters is 4. The lowest BCUT2D eigenvalue weighted by Crippen LogP contribution is -2.68. The number of ether oxygens (including phenoxy) is 10. The van der Waals surface area contributed by atoms with Gasteiger partial charge in [-0.15, -0.1) is 0 Å². The molecule has 346 valence electrons. The minimum atomic E-state index is -1.56. The first-order valence-corrected chi connectivity index (χ1v) is 20.4. The quantitative estimate of drug-likeness (QED) is 0.0613. The predicted molar refractivity (Wildman–Crippen MR) is 210 cm³/mol. The molecule has 2 fully saturated rings. The van der Waals surface area contributed by atoms with Crippen LogP contribution in [0.4, 0.5) is 0 Å². The van der Waals surface area contributed by atoms with Crippen LogP contribution in [0, 0.1) is 17.8 Å². The number of carbonyl (C=O) groups is 6. The molecule has 0 amide bonds. The third-order valence-corrected chi connectivity index (χ3v) is 11.2. The lowest BCUT2D eigenvalue weighted by atomic mass is 9.70. The molecular formula is C41H69NO18. The molecule has 2 saturated heterocycles. The molecule has 2 rings (SSSR count). The Kier molecular flexibility index (Phi) is 21.5. The van der Waals surface area contributed by atoms with Gasteiger partial charge in [0.2, 0.25) is 0 Å². The van der Waals surface area contributed by atoms with Crippen LogP contribution in [0.25, 0.3) is 0 Å². The topological polar surface area (TPSA) is 238 Å². The Morgan fingerprint density at radius 1 is 0.867 bits per heavy atom. The van der Waals surface area contributed by atoms with E-state index in [0.29, 0.717) is 6.29 Å². The van der Waals surface area contributed by atoms with Crippen molar-refractivity contribution in [3.8, 4) is 0 Å². The van der Waals surface area contributed by atoms with Crippen molar-refractivity contribution in [2.75, 3.05) is 35.4 Å². The van der Waals surface area contributed by atoms with Crippen molar-refractivity contribution < 1.29 is 86.3 Å². The summed E-state index contributed by atoms with van der Waals surface area (Å²) in [5, 5.41) is 21.6. The molecule has 2 aliphatic heterocycles. The Morgan fingerprint density at radius 3 is 1.95 bits per heavy atom. The standard InChI is InChI=1S/C41H69NO18/c1-14-30(48)58-27(18-29(46)47)37(53-13)34(26(17-32(51-11)52-12)16-21(3)28(20-43)56-24(6)44)38-39(57-25(7)45)35(42(9)10)36(22(4)55-38)60-33-19-41(8,50)40(23(5)54-33)59-31(49)15-2/h20-23,26-28,32-40,50H,14-19H2,1-13H3,(H,46,47)/t21?,22-,23+,26?,27?,28?,33-,34+,35+,36-,37?,38+,39-,40+,41-/m1/s1. The van der Waals surface area contributed by atoms with Gasteiger partial charge in [-0.1, -0.05) is 20.8 Å². The lowest BCUT2D eigenvalue weighted by molar-refractivity contribution is -0.319. The highest BCUT2D eigenvalue weighted by atomic mass is 16.7. The molecule has 2 N–H and O–H groups in total. The van der Waals surface area contributed by atoms with Gasteiger partial charge in [0.15, 0.2) is 31.1 Å². The molecule has 15 atom stereocenters. The van der Waals surface area contributed by atoms with E-state index in [1.54, 1.807) is 53.6 Å². The van der Waals surface area contributed by atoms with Gasteiger partial charge in [-0.25, -0.2) is 0 Å². The first-order valence-electron chi connectivity index (χ1n) is 20.4. The van der Waals surface area contributed by atoms with E-state index in [1.165, 1.54) is 42.1 Å². The zero-order valence-corrected chi connectivity index (χ0v) is 37.4. The molecular weight excluding hydrogens is 794 g/mol. The summed E-state index contributed by atoms with van der Waals surface area (Å²) in [6.07, 6.45) is -11.8. The van der Waals surface area contributed by atoms with Crippen molar-refractivity contribution in [3.05, 3.63) is 0 Å². The zero-order chi connectivity index (χ0) is 45.6. The Bertz CT molecular complexity index is 1410. The molecule has 2 aliphatic rings. The summed E-state index contributed by atoms with van der Waals surface area (Å²) in [7, 11) is 7.66. The van der Waals surface area contributed by atoms with Crippen molar-refractivity contribution in [1.29, 1.82) is 0 Å². The molecule has 0 spiro atoms. The van der Waals surface area contributed by atoms with Crippen LogP contribution in [0.3, 0.4) is 0 Å². The maximum atomic E-state index is 13.1. The van der Waals surface area contributed by atoms with Gasteiger partial charge >= 0.3 is 29.8 Å². The normalized spacial score (nSPS) is 30.0. The summed E-state index contributed by atoms with van der Waals surface area (Å²) in [5.74, 6) is -6.30. The second-order valence-electron chi connectivity index (χ2n) is 16.1. The van der Waals surface area contributed by atoms with Gasteiger partial charge in [0.05, 0.1) is 24.7 Å². The largest absolute Gasteiger partial charge is 0.481 e. The van der Waals surface area contributed by atoms with E-state index in [4.69, 9.17) is 47.4 Å². The van der Waals surface area contributed by atoms with Crippen LogP contribution < -0.4 is 0 Å². The summed E-state index contributed by atoms with van der Waals surface area (Å²) in [5.41, 5.74) is -1.56. The van der Waals surface area contributed by atoms with Crippen molar-refractivity contribution in [1.82, 2.24) is 4.90 Å². The highest BCUT2D eigenvalue weighted by molar-refractivity contribution is 5.72. The molecule has 19 nitrogen and oxygen atoms in total. The monoisotopic (exact) mass is 863 g/mol. The summed E-state index contributed by atoms with van der Waals surface area (Å²) in [4.78, 5) is 76.7. The highest BCUT2D eigenvalue weighted by Gasteiger charge is 2.57. The predicted octanol–water partition coefficient (Wildman–Crippen LogP) is 2.44. The van der Waals surface area contributed by atoms with E-state index < -0.39 is 133 Å². The van der Waals surface area contributed by atoms with Gasteiger partial charge in [-0.2, -0.15) is 0 Å². The lowest BCUT2D eigenvalue weighted by Gasteiger charge is -2.53. The third-order valence-electron chi connectivity index (χ3n) is 11.2. The number of rotatable bonds is 24. The van der Waals surface area contributed by atoms with E-state index in [2.05, 4.69) is 0 Å². The average Bonchev–Trinajstić information content (AvgIpc) is 3.15. The fourth-order valence-corrected chi connectivity index (χ4v) is 8.46. The van der Waals surface area contributed by atoms with Crippen LogP contribution in [0.1, 0.15) is 93.9 Å². The number of carboxylic acid groups (broad SMARTS) is 1. The maximum absolute atomic E-state index is 13.1. The van der Waals surface area contributed by atoms with E-state index in [-0.39, 0.29) is 32.1 Å². The number of carboxylic acids is 1. The smallest absolute Gasteiger partial charge is 0.307 e. The molecule has 0 aromatic rings. The van der Waals surface area contributed by atoms with Gasteiger partial charge in [0.25, 0.3) is 0 Å². The second-order valence-corrected chi connectivity index (χ2v) is 16.1.